The minimum atomic E-state index is 0.557. The molecule has 0 fully saturated rings. The molecule has 0 unspecified atom stereocenters. The van der Waals surface area contributed by atoms with E-state index in [-0.39, 0.29) is 0 Å². The largest absolute Gasteiger partial charge is 0.462 e. The maximum absolute atomic E-state index is 5.79. The molecule has 0 aliphatic heterocycles. The van der Waals surface area contributed by atoms with E-state index < -0.39 is 0 Å². The van der Waals surface area contributed by atoms with Crippen molar-refractivity contribution in [2.75, 3.05) is 13.2 Å². The number of rotatable bonds is 9. The smallest absolute Gasteiger partial charge is 0.130 e. The summed E-state index contributed by atoms with van der Waals surface area (Å²) >= 11 is 0. The minimum absolute atomic E-state index is 0.557. The molecule has 0 bridgehead atoms. The molecule has 3 heteroatoms. The highest BCUT2D eigenvalue weighted by Crippen LogP contribution is 2.15. The molecule has 1 heterocycles. The van der Waals surface area contributed by atoms with E-state index in [2.05, 4.69) is 49.5 Å². The van der Waals surface area contributed by atoms with Crippen LogP contribution in [-0.2, 0) is 24.3 Å². The molecule has 0 aliphatic rings. The van der Waals surface area contributed by atoms with Crippen molar-refractivity contribution in [1.82, 2.24) is 5.32 Å². The topological polar surface area (TPSA) is 34.4 Å². The van der Waals surface area contributed by atoms with E-state index in [1.165, 1.54) is 11.1 Å². The van der Waals surface area contributed by atoms with E-state index in [0.717, 1.165) is 44.1 Å². The zero-order chi connectivity index (χ0) is 14.9. The minimum Gasteiger partial charge on any atom is -0.462 e. The van der Waals surface area contributed by atoms with Crippen molar-refractivity contribution in [2.24, 2.45) is 0 Å². The summed E-state index contributed by atoms with van der Waals surface area (Å²) in [6, 6.07) is 12.6. The fraction of sp³-hybridized carbons (Fsp3) is 0.444. The molecule has 0 spiro atoms. The predicted octanol–water partition coefficient (Wildman–Crippen LogP) is 3.85. The van der Waals surface area contributed by atoms with Crippen molar-refractivity contribution in [3.05, 3.63) is 59.0 Å². The van der Waals surface area contributed by atoms with Gasteiger partial charge in [-0.25, -0.2) is 0 Å². The highest BCUT2D eigenvalue weighted by molar-refractivity contribution is 5.19. The van der Waals surface area contributed by atoms with Crippen molar-refractivity contribution in [2.45, 2.75) is 39.8 Å². The second-order valence-electron chi connectivity index (χ2n) is 5.24. The van der Waals surface area contributed by atoms with Gasteiger partial charge in [-0.2, -0.15) is 0 Å². The van der Waals surface area contributed by atoms with Gasteiger partial charge in [-0.15, -0.1) is 0 Å². The van der Waals surface area contributed by atoms with Gasteiger partial charge in [0.15, 0.2) is 0 Å². The van der Waals surface area contributed by atoms with Crippen molar-refractivity contribution in [3.8, 4) is 0 Å². The summed E-state index contributed by atoms with van der Waals surface area (Å²) in [5, 5.41) is 3.28. The lowest BCUT2D eigenvalue weighted by Crippen LogP contribution is -2.11. The number of ether oxygens (including phenoxy) is 1. The number of aryl methyl sites for hydroxylation is 2. The third kappa shape index (κ3) is 5.37. The van der Waals surface area contributed by atoms with Crippen LogP contribution in [0.1, 0.15) is 36.0 Å². The zero-order valence-electron chi connectivity index (χ0n) is 13.0. The van der Waals surface area contributed by atoms with Crippen molar-refractivity contribution < 1.29 is 9.15 Å². The van der Waals surface area contributed by atoms with Crippen molar-refractivity contribution in [1.29, 1.82) is 0 Å². The average molecular weight is 287 g/mol. The van der Waals surface area contributed by atoms with Gasteiger partial charge in [0.25, 0.3) is 0 Å². The molecule has 3 nitrogen and oxygen atoms in total. The molecule has 0 amide bonds. The molecule has 0 atom stereocenters. The first-order valence-electron chi connectivity index (χ1n) is 7.70. The lowest BCUT2D eigenvalue weighted by Gasteiger charge is -2.03. The van der Waals surface area contributed by atoms with Gasteiger partial charge in [0.05, 0.1) is 6.54 Å². The van der Waals surface area contributed by atoms with E-state index in [0.29, 0.717) is 6.61 Å². The Labute approximate surface area is 127 Å². The number of hydrogen-bond acceptors (Lipinski definition) is 3. The molecular weight excluding hydrogens is 262 g/mol. The lowest BCUT2D eigenvalue weighted by molar-refractivity contribution is 0.103. The van der Waals surface area contributed by atoms with Crippen molar-refractivity contribution in [3.63, 3.8) is 0 Å². The summed E-state index contributed by atoms with van der Waals surface area (Å²) in [6.45, 7) is 7.23. The summed E-state index contributed by atoms with van der Waals surface area (Å²) in [5.74, 6) is 1.93. The second kappa shape index (κ2) is 8.65. The Morgan fingerprint density at radius 2 is 2.00 bits per heavy atom. The first-order valence-corrected chi connectivity index (χ1v) is 7.70. The van der Waals surface area contributed by atoms with Crippen LogP contribution in [0, 0.1) is 6.92 Å². The molecule has 0 saturated heterocycles. The first kappa shape index (κ1) is 15.8. The van der Waals surface area contributed by atoms with Crippen LogP contribution in [0.5, 0.6) is 0 Å². The Kier molecular flexibility index (Phi) is 6.51. The molecule has 0 radical (unpaired) electrons. The van der Waals surface area contributed by atoms with E-state index in [1.54, 1.807) is 0 Å². The summed E-state index contributed by atoms with van der Waals surface area (Å²) in [7, 11) is 0. The number of furan rings is 1. The van der Waals surface area contributed by atoms with Crippen LogP contribution in [-0.4, -0.2) is 13.2 Å². The quantitative estimate of drug-likeness (QED) is 0.711. The van der Waals surface area contributed by atoms with Gasteiger partial charge in [-0.3, -0.25) is 0 Å². The molecule has 1 N–H and O–H groups in total. The van der Waals surface area contributed by atoms with Gasteiger partial charge in [0.2, 0.25) is 0 Å². The predicted molar refractivity (Wildman–Crippen MR) is 85.2 cm³/mol. The van der Waals surface area contributed by atoms with E-state index in [4.69, 9.17) is 9.15 Å². The van der Waals surface area contributed by atoms with Crippen LogP contribution < -0.4 is 5.32 Å². The third-order valence-electron chi connectivity index (χ3n) is 3.45. The van der Waals surface area contributed by atoms with Crippen LogP contribution >= 0.6 is 0 Å². The zero-order valence-corrected chi connectivity index (χ0v) is 13.0. The third-order valence-corrected chi connectivity index (χ3v) is 3.45. The summed E-state index contributed by atoms with van der Waals surface area (Å²) < 4.78 is 11.5. The fourth-order valence-corrected chi connectivity index (χ4v) is 2.27. The molecule has 0 saturated carbocycles. The maximum Gasteiger partial charge on any atom is 0.130 e. The Morgan fingerprint density at radius 1 is 1.19 bits per heavy atom. The van der Waals surface area contributed by atoms with Crippen molar-refractivity contribution >= 4 is 0 Å². The number of hydrogen-bond donors (Lipinski definition) is 1. The number of nitrogens with one attached hydrogen (secondary N) is 1. The van der Waals surface area contributed by atoms with Gasteiger partial charge < -0.3 is 14.5 Å². The van der Waals surface area contributed by atoms with E-state index in [1.807, 2.05) is 6.07 Å². The Balaban J connectivity index is 1.66. The number of benzene rings is 1. The molecule has 21 heavy (non-hydrogen) atoms. The molecule has 114 valence electrons. The van der Waals surface area contributed by atoms with Crippen LogP contribution in [0.3, 0.4) is 0 Å². The second-order valence-corrected chi connectivity index (χ2v) is 5.24. The maximum atomic E-state index is 5.79. The Morgan fingerprint density at radius 3 is 2.76 bits per heavy atom. The lowest BCUT2D eigenvalue weighted by atomic mass is 10.1. The van der Waals surface area contributed by atoms with E-state index >= 15 is 0 Å². The van der Waals surface area contributed by atoms with Crippen LogP contribution in [0.15, 0.2) is 40.8 Å². The van der Waals surface area contributed by atoms with Crippen LogP contribution in [0.4, 0.5) is 0 Å². The van der Waals surface area contributed by atoms with Gasteiger partial charge >= 0.3 is 0 Å². The summed E-state index contributed by atoms with van der Waals surface area (Å²) in [6.07, 6.45) is 2.09. The fourth-order valence-electron chi connectivity index (χ4n) is 2.27. The van der Waals surface area contributed by atoms with Crippen LogP contribution in [0.25, 0.3) is 0 Å². The summed E-state index contributed by atoms with van der Waals surface area (Å²) in [5.41, 5.74) is 2.56. The highest BCUT2D eigenvalue weighted by atomic mass is 16.5. The monoisotopic (exact) mass is 287 g/mol. The SMILES string of the molecule is CCNCc1oc(COCCCc2ccccc2)cc1C. The standard InChI is InChI=1S/C18H25NO2/c1-3-19-13-18-15(2)12-17(21-18)14-20-11-7-10-16-8-5-4-6-9-16/h4-6,8-9,12,19H,3,7,10-11,13-14H2,1-2H3. The van der Waals surface area contributed by atoms with Crippen LogP contribution in [0.2, 0.25) is 0 Å². The Hall–Kier alpha value is -1.58. The Bertz CT molecular complexity index is 519. The van der Waals surface area contributed by atoms with Gasteiger partial charge in [0, 0.05) is 6.61 Å². The van der Waals surface area contributed by atoms with Gasteiger partial charge in [0.1, 0.15) is 18.1 Å². The van der Waals surface area contributed by atoms with Gasteiger partial charge in [-0.05, 0) is 43.5 Å². The summed E-state index contributed by atoms with van der Waals surface area (Å²) in [4.78, 5) is 0. The van der Waals surface area contributed by atoms with E-state index in [9.17, 15) is 0 Å². The molecule has 1 aromatic heterocycles. The molecule has 1 aromatic carbocycles. The molecule has 2 aromatic rings. The average Bonchev–Trinajstić information content (AvgIpc) is 2.86. The van der Waals surface area contributed by atoms with Gasteiger partial charge in [-0.1, -0.05) is 37.3 Å². The normalized spacial score (nSPS) is 11.0. The molecular formula is C18H25NO2. The molecule has 0 aliphatic carbocycles. The molecule has 2 rings (SSSR count). The first-order chi connectivity index (χ1) is 10.3. The highest BCUT2D eigenvalue weighted by Gasteiger charge is 2.07.